The molecule has 1 aromatic carbocycles. The summed E-state index contributed by atoms with van der Waals surface area (Å²) in [5, 5.41) is 7.40. The van der Waals surface area contributed by atoms with Gasteiger partial charge in [0.25, 0.3) is 0 Å². The molecular weight excluding hydrogens is 283 g/mol. The van der Waals surface area contributed by atoms with Crippen LogP contribution in [0.2, 0.25) is 10.0 Å². The van der Waals surface area contributed by atoms with Crippen molar-refractivity contribution in [1.82, 2.24) is 10.6 Å². The fourth-order valence-electron chi connectivity index (χ4n) is 1.51. The first kappa shape index (κ1) is 16.3. The van der Waals surface area contributed by atoms with Gasteiger partial charge >= 0.3 is 0 Å². The molecule has 1 amide bonds. The highest BCUT2D eigenvalue weighted by Gasteiger charge is 2.03. The number of rotatable bonds is 7. The minimum atomic E-state index is 0.0680. The molecule has 19 heavy (non-hydrogen) atoms. The summed E-state index contributed by atoms with van der Waals surface area (Å²) >= 11 is 11.9. The maximum absolute atomic E-state index is 11.5. The van der Waals surface area contributed by atoms with E-state index in [1.165, 1.54) is 0 Å². The lowest BCUT2D eigenvalue weighted by atomic mass is 10.2. The molecule has 3 nitrogen and oxygen atoms in total. The second kappa shape index (κ2) is 8.41. The largest absolute Gasteiger partial charge is 0.356 e. The number of hydrogen-bond acceptors (Lipinski definition) is 2. The average molecular weight is 303 g/mol. The molecule has 5 heteroatoms. The van der Waals surface area contributed by atoms with Crippen molar-refractivity contribution in [1.29, 1.82) is 0 Å². The predicted molar refractivity (Wildman–Crippen MR) is 80.6 cm³/mol. The molecular formula is C14H20Cl2N2O. The molecule has 0 aromatic heterocycles. The van der Waals surface area contributed by atoms with Crippen LogP contribution in [-0.4, -0.2) is 19.0 Å². The lowest BCUT2D eigenvalue weighted by Gasteiger charge is -2.09. The topological polar surface area (TPSA) is 41.1 Å². The van der Waals surface area contributed by atoms with Crippen LogP contribution < -0.4 is 10.6 Å². The SMILES string of the molecule is CC(C)CNC(=O)CCNCc1cc(Cl)ccc1Cl. The van der Waals surface area contributed by atoms with E-state index in [-0.39, 0.29) is 5.91 Å². The summed E-state index contributed by atoms with van der Waals surface area (Å²) in [6.45, 7) is 6.09. The summed E-state index contributed by atoms with van der Waals surface area (Å²) in [5.74, 6) is 0.542. The highest BCUT2D eigenvalue weighted by atomic mass is 35.5. The highest BCUT2D eigenvalue weighted by Crippen LogP contribution is 2.20. The first-order valence-corrected chi connectivity index (χ1v) is 7.16. The summed E-state index contributed by atoms with van der Waals surface area (Å²) in [7, 11) is 0. The van der Waals surface area contributed by atoms with Gasteiger partial charge in [-0.25, -0.2) is 0 Å². The summed E-state index contributed by atoms with van der Waals surface area (Å²) in [4.78, 5) is 11.5. The summed E-state index contributed by atoms with van der Waals surface area (Å²) in [5.41, 5.74) is 0.941. The van der Waals surface area contributed by atoms with E-state index in [2.05, 4.69) is 24.5 Å². The smallest absolute Gasteiger partial charge is 0.221 e. The molecule has 0 aliphatic rings. The van der Waals surface area contributed by atoms with Gasteiger partial charge in [-0.1, -0.05) is 37.0 Å². The van der Waals surface area contributed by atoms with Crippen molar-refractivity contribution in [3.05, 3.63) is 33.8 Å². The Labute approximate surface area is 124 Å². The van der Waals surface area contributed by atoms with Gasteiger partial charge in [0, 0.05) is 36.1 Å². The van der Waals surface area contributed by atoms with E-state index in [0.717, 1.165) is 12.1 Å². The number of carbonyl (C=O) groups excluding carboxylic acids is 1. The van der Waals surface area contributed by atoms with Gasteiger partial charge in [-0.2, -0.15) is 0 Å². The summed E-state index contributed by atoms with van der Waals surface area (Å²) < 4.78 is 0. The number of benzene rings is 1. The van der Waals surface area contributed by atoms with Crippen LogP contribution >= 0.6 is 23.2 Å². The number of halogens is 2. The van der Waals surface area contributed by atoms with Crippen molar-refractivity contribution < 1.29 is 4.79 Å². The zero-order valence-electron chi connectivity index (χ0n) is 11.3. The molecule has 0 spiro atoms. The fraction of sp³-hybridized carbons (Fsp3) is 0.500. The zero-order chi connectivity index (χ0) is 14.3. The standard InChI is InChI=1S/C14H20Cl2N2O/c1-10(2)8-18-14(19)5-6-17-9-11-7-12(15)3-4-13(11)16/h3-4,7,10,17H,5-6,8-9H2,1-2H3,(H,18,19). The maximum Gasteiger partial charge on any atom is 0.221 e. The quantitative estimate of drug-likeness (QED) is 0.759. The summed E-state index contributed by atoms with van der Waals surface area (Å²) in [6, 6.07) is 5.36. The second-order valence-electron chi connectivity index (χ2n) is 4.86. The molecule has 2 N–H and O–H groups in total. The van der Waals surface area contributed by atoms with Crippen molar-refractivity contribution in [3.8, 4) is 0 Å². The third-order valence-corrected chi connectivity index (χ3v) is 3.16. The Hall–Kier alpha value is -0.770. The van der Waals surface area contributed by atoms with Crippen LogP contribution in [0.1, 0.15) is 25.8 Å². The van der Waals surface area contributed by atoms with E-state index in [9.17, 15) is 4.79 Å². The molecule has 0 fully saturated rings. The number of amides is 1. The molecule has 106 valence electrons. The van der Waals surface area contributed by atoms with Gasteiger partial charge in [-0.3, -0.25) is 4.79 Å². The van der Waals surface area contributed by atoms with Crippen LogP contribution in [0.4, 0.5) is 0 Å². The number of hydrogen-bond donors (Lipinski definition) is 2. The third kappa shape index (κ3) is 6.81. The maximum atomic E-state index is 11.5. The van der Waals surface area contributed by atoms with Crippen molar-refractivity contribution in [2.75, 3.05) is 13.1 Å². The van der Waals surface area contributed by atoms with E-state index in [1.54, 1.807) is 12.1 Å². The van der Waals surface area contributed by atoms with Crippen LogP contribution in [-0.2, 0) is 11.3 Å². The monoisotopic (exact) mass is 302 g/mol. The van der Waals surface area contributed by atoms with E-state index < -0.39 is 0 Å². The van der Waals surface area contributed by atoms with Gasteiger partial charge in [-0.15, -0.1) is 0 Å². The molecule has 0 radical (unpaired) electrons. The molecule has 0 aliphatic carbocycles. The second-order valence-corrected chi connectivity index (χ2v) is 5.70. The van der Waals surface area contributed by atoms with Gasteiger partial charge in [0.15, 0.2) is 0 Å². The van der Waals surface area contributed by atoms with Gasteiger partial charge in [0.2, 0.25) is 5.91 Å². The van der Waals surface area contributed by atoms with Crippen LogP contribution in [0.25, 0.3) is 0 Å². The fourth-order valence-corrected chi connectivity index (χ4v) is 1.89. The molecule has 1 rings (SSSR count). The Morgan fingerprint density at radius 1 is 1.32 bits per heavy atom. The minimum Gasteiger partial charge on any atom is -0.356 e. The molecule has 0 atom stereocenters. The van der Waals surface area contributed by atoms with Crippen LogP contribution in [0.15, 0.2) is 18.2 Å². The van der Waals surface area contributed by atoms with Crippen LogP contribution in [0.5, 0.6) is 0 Å². The van der Waals surface area contributed by atoms with Gasteiger partial charge < -0.3 is 10.6 Å². The van der Waals surface area contributed by atoms with Gasteiger partial charge in [0.1, 0.15) is 0 Å². The average Bonchev–Trinajstić information content (AvgIpc) is 2.36. The normalized spacial score (nSPS) is 10.8. The van der Waals surface area contributed by atoms with Crippen molar-refractivity contribution in [3.63, 3.8) is 0 Å². The van der Waals surface area contributed by atoms with Gasteiger partial charge in [0.05, 0.1) is 0 Å². The first-order chi connectivity index (χ1) is 8.99. The Morgan fingerprint density at radius 3 is 2.74 bits per heavy atom. The van der Waals surface area contributed by atoms with Crippen molar-refractivity contribution >= 4 is 29.1 Å². The van der Waals surface area contributed by atoms with Crippen molar-refractivity contribution in [2.24, 2.45) is 5.92 Å². The molecule has 0 heterocycles. The Bertz CT molecular complexity index is 422. The Kier molecular flexibility index (Phi) is 7.21. The van der Waals surface area contributed by atoms with E-state index in [1.807, 2.05) is 6.07 Å². The van der Waals surface area contributed by atoms with Crippen LogP contribution in [0, 0.1) is 5.92 Å². The first-order valence-electron chi connectivity index (χ1n) is 6.40. The Balaban J connectivity index is 2.23. The van der Waals surface area contributed by atoms with E-state index >= 15 is 0 Å². The minimum absolute atomic E-state index is 0.0680. The number of carbonyl (C=O) groups is 1. The van der Waals surface area contributed by atoms with Gasteiger partial charge in [-0.05, 0) is 29.7 Å². The van der Waals surface area contributed by atoms with Crippen LogP contribution in [0.3, 0.4) is 0 Å². The molecule has 0 saturated carbocycles. The molecule has 1 aromatic rings. The van der Waals surface area contributed by atoms with E-state index in [4.69, 9.17) is 23.2 Å². The highest BCUT2D eigenvalue weighted by molar-refractivity contribution is 6.33. The summed E-state index contributed by atoms with van der Waals surface area (Å²) in [6.07, 6.45) is 0.463. The Morgan fingerprint density at radius 2 is 2.05 bits per heavy atom. The predicted octanol–water partition coefficient (Wildman–Crippen LogP) is 3.25. The lowest BCUT2D eigenvalue weighted by Crippen LogP contribution is -2.30. The zero-order valence-corrected chi connectivity index (χ0v) is 12.8. The molecule has 0 bridgehead atoms. The van der Waals surface area contributed by atoms with E-state index in [0.29, 0.717) is 35.5 Å². The number of nitrogens with one attached hydrogen (secondary N) is 2. The molecule has 0 aliphatic heterocycles. The lowest BCUT2D eigenvalue weighted by molar-refractivity contribution is -0.121. The molecule has 0 saturated heterocycles. The third-order valence-electron chi connectivity index (χ3n) is 2.56. The molecule has 0 unspecified atom stereocenters. The van der Waals surface area contributed by atoms with Crippen molar-refractivity contribution in [2.45, 2.75) is 26.8 Å².